The van der Waals surface area contributed by atoms with Crippen LogP contribution < -0.4 is 9.64 Å². The fraction of sp³-hybridized carbons (Fsp3) is 0.400. The van der Waals surface area contributed by atoms with E-state index >= 15 is 0 Å². The van der Waals surface area contributed by atoms with Crippen LogP contribution in [0.15, 0.2) is 18.3 Å². The van der Waals surface area contributed by atoms with Gasteiger partial charge in [0, 0.05) is 19.0 Å². The minimum absolute atomic E-state index is 0.611. The molecule has 4 heteroatoms. The molecule has 0 spiro atoms. The van der Waals surface area contributed by atoms with E-state index in [1.165, 1.54) is 0 Å². The SMILES string of the molecule is COc1ccc(N2CCCC2=N)cn1. The summed E-state index contributed by atoms with van der Waals surface area (Å²) in [6, 6.07) is 3.76. The highest BCUT2D eigenvalue weighted by Gasteiger charge is 2.18. The summed E-state index contributed by atoms with van der Waals surface area (Å²) in [4.78, 5) is 6.09. The molecule has 1 N–H and O–H groups in total. The number of hydrogen-bond acceptors (Lipinski definition) is 3. The monoisotopic (exact) mass is 191 g/mol. The maximum Gasteiger partial charge on any atom is 0.213 e. The van der Waals surface area contributed by atoms with Crippen molar-refractivity contribution in [1.82, 2.24) is 4.98 Å². The lowest BCUT2D eigenvalue weighted by Crippen LogP contribution is -2.23. The highest BCUT2D eigenvalue weighted by atomic mass is 16.5. The van der Waals surface area contributed by atoms with Gasteiger partial charge < -0.3 is 9.64 Å². The van der Waals surface area contributed by atoms with E-state index in [4.69, 9.17) is 10.1 Å². The Bertz CT molecular complexity index is 334. The van der Waals surface area contributed by atoms with Crippen molar-refractivity contribution in [2.24, 2.45) is 0 Å². The number of rotatable bonds is 2. The predicted octanol–water partition coefficient (Wildman–Crippen LogP) is 1.67. The number of methoxy groups -OCH3 is 1. The first kappa shape index (κ1) is 8.99. The molecule has 0 aliphatic carbocycles. The molecule has 0 bridgehead atoms. The number of anilines is 1. The van der Waals surface area contributed by atoms with Gasteiger partial charge in [0.15, 0.2) is 0 Å². The summed E-state index contributed by atoms with van der Waals surface area (Å²) in [6.45, 7) is 0.923. The Labute approximate surface area is 83.0 Å². The second-order valence-electron chi connectivity index (χ2n) is 3.26. The molecule has 0 atom stereocenters. The minimum Gasteiger partial charge on any atom is -0.481 e. The van der Waals surface area contributed by atoms with Crippen molar-refractivity contribution < 1.29 is 4.74 Å². The molecule has 1 aliphatic heterocycles. The summed E-state index contributed by atoms with van der Waals surface area (Å²) in [5, 5.41) is 7.71. The van der Waals surface area contributed by atoms with Crippen LogP contribution in [0.1, 0.15) is 12.8 Å². The van der Waals surface area contributed by atoms with Gasteiger partial charge in [0.25, 0.3) is 0 Å². The number of nitrogens with one attached hydrogen (secondary N) is 1. The van der Waals surface area contributed by atoms with Crippen molar-refractivity contribution in [3.8, 4) is 5.88 Å². The van der Waals surface area contributed by atoms with Crippen molar-refractivity contribution in [1.29, 1.82) is 5.41 Å². The fourth-order valence-corrected chi connectivity index (χ4v) is 1.61. The van der Waals surface area contributed by atoms with Crippen LogP contribution in [-0.2, 0) is 0 Å². The highest BCUT2D eigenvalue weighted by Crippen LogP contribution is 2.21. The van der Waals surface area contributed by atoms with Gasteiger partial charge in [0.1, 0.15) is 5.84 Å². The van der Waals surface area contributed by atoms with Crippen molar-refractivity contribution >= 4 is 11.5 Å². The first-order valence-electron chi connectivity index (χ1n) is 4.66. The lowest BCUT2D eigenvalue weighted by molar-refractivity contribution is 0.398. The lowest BCUT2D eigenvalue weighted by Gasteiger charge is -2.17. The molecule has 14 heavy (non-hydrogen) atoms. The molecular weight excluding hydrogens is 178 g/mol. The molecule has 1 aliphatic rings. The second kappa shape index (κ2) is 3.65. The van der Waals surface area contributed by atoms with Crippen LogP contribution in [-0.4, -0.2) is 24.5 Å². The maximum atomic E-state index is 7.71. The third-order valence-corrected chi connectivity index (χ3v) is 2.36. The van der Waals surface area contributed by atoms with Gasteiger partial charge in [-0.2, -0.15) is 0 Å². The van der Waals surface area contributed by atoms with Crippen LogP contribution >= 0.6 is 0 Å². The van der Waals surface area contributed by atoms with Gasteiger partial charge in [-0.05, 0) is 12.5 Å². The van der Waals surface area contributed by atoms with E-state index in [2.05, 4.69) is 4.98 Å². The molecular formula is C10H13N3O. The first-order chi connectivity index (χ1) is 6.81. The summed E-state index contributed by atoms with van der Waals surface area (Å²) in [7, 11) is 1.60. The summed E-state index contributed by atoms with van der Waals surface area (Å²) < 4.78 is 4.98. The Morgan fingerprint density at radius 2 is 2.36 bits per heavy atom. The second-order valence-corrected chi connectivity index (χ2v) is 3.26. The molecule has 0 aromatic carbocycles. The molecule has 1 fully saturated rings. The Morgan fingerprint density at radius 3 is 2.86 bits per heavy atom. The Balaban J connectivity index is 2.20. The van der Waals surface area contributed by atoms with E-state index in [0.29, 0.717) is 11.7 Å². The van der Waals surface area contributed by atoms with Gasteiger partial charge in [-0.3, -0.25) is 5.41 Å². The minimum atomic E-state index is 0.611. The molecule has 2 rings (SSSR count). The smallest absolute Gasteiger partial charge is 0.213 e. The zero-order valence-electron chi connectivity index (χ0n) is 8.16. The zero-order valence-corrected chi connectivity index (χ0v) is 8.16. The lowest BCUT2D eigenvalue weighted by atomic mass is 10.3. The van der Waals surface area contributed by atoms with E-state index in [0.717, 1.165) is 25.1 Å². The van der Waals surface area contributed by atoms with E-state index in [1.54, 1.807) is 13.3 Å². The summed E-state index contributed by atoms with van der Waals surface area (Å²) in [5.74, 6) is 1.29. The Morgan fingerprint density at radius 1 is 1.50 bits per heavy atom. The number of nitrogens with zero attached hydrogens (tertiary/aromatic N) is 2. The molecule has 2 heterocycles. The average molecular weight is 191 g/mol. The topological polar surface area (TPSA) is 49.2 Å². The Kier molecular flexibility index (Phi) is 2.35. The standard InChI is InChI=1S/C10H13N3O/c1-14-10-5-4-8(7-12-10)13-6-2-3-9(13)11/h4-5,7,11H,2-3,6H2,1H3. The van der Waals surface area contributed by atoms with E-state index in [9.17, 15) is 0 Å². The summed E-state index contributed by atoms with van der Waals surface area (Å²) >= 11 is 0. The number of amidine groups is 1. The van der Waals surface area contributed by atoms with Crippen LogP contribution in [0.2, 0.25) is 0 Å². The maximum absolute atomic E-state index is 7.71. The number of aromatic nitrogens is 1. The number of pyridine rings is 1. The van der Waals surface area contributed by atoms with Gasteiger partial charge in [-0.15, -0.1) is 0 Å². The number of hydrogen-bond donors (Lipinski definition) is 1. The van der Waals surface area contributed by atoms with Gasteiger partial charge in [0.2, 0.25) is 5.88 Å². The predicted molar refractivity (Wildman–Crippen MR) is 55.1 cm³/mol. The summed E-state index contributed by atoms with van der Waals surface area (Å²) in [5.41, 5.74) is 0.980. The molecule has 1 aromatic heterocycles. The quantitative estimate of drug-likeness (QED) is 0.773. The molecule has 0 radical (unpaired) electrons. The normalized spacial score (nSPS) is 16.1. The van der Waals surface area contributed by atoms with Gasteiger partial charge >= 0.3 is 0 Å². The zero-order chi connectivity index (χ0) is 9.97. The van der Waals surface area contributed by atoms with E-state index < -0.39 is 0 Å². The molecule has 1 aromatic rings. The van der Waals surface area contributed by atoms with Crippen molar-refractivity contribution in [2.45, 2.75) is 12.8 Å². The van der Waals surface area contributed by atoms with Crippen molar-refractivity contribution in [3.63, 3.8) is 0 Å². The number of ether oxygens (including phenoxy) is 1. The van der Waals surface area contributed by atoms with Crippen LogP contribution in [0.25, 0.3) is 0 Å². The third kappa shape index (κ3) is 1.55. The first-order valence-corrected chi connectivity index (χ1v) is 4.66. The van der Waals surface area contributed by atoms with Gasteiger partial charge in [0.05, 0.1) is 19.0 Å². The molecule has 4 nitrogen and oxygen atoms in total. The van der Waals surface area contributed by atoms with Gasteiger partial charge in [-0.1, -0.05) is 0 Å². The molecule has 74 valence electrons. The average Bonchev–Trinajstić information content (AvgIpc) is 2.65. The summed E-state index contributed by atoms with van der Waals surface area (Å²) in [6.07, 6.45) is 3.68. The van der Waals surface area contributed by atoms with Crippen LogP contribution in [0.4, 0.5) is 5.69 Å². The van der Waals surface area contributed by atoms with Crippen LogP contribution in [0.5, 0.6) is 5.88 Å². The van der Waals surface area contributed by atoms with E-state index in [1.807, 2.05) is 17.0 Å². The van der Waals surface area contributed by atoms with E-state index in [-0.39, 0.29) is 0 Å². The van der Waals surface area contributed by atoms with Crippen molar-refractivity contribution in [2.75, 3.05) is 18.6 Å². The molecule has 0 unspecified atom stereocenters. The molecule has 0 saturated carbocycles. The van der Waals surface area contributed by atoms with Crippen molar-refractivity contribution in [3.05, 3.63) is 18.3 Å². The Hall–Kier alpha value is -1.58. The highest BCUT2D eigenvalue weighted by molar-refractivity contribution is 5.97. The molecule has 0 amide bonds. The third-order valence-electron chi connectivity index (χ3n) is 2.36. The fourth-order valence-electron chi connectivity index (χ4n) is 1.61. The van der Waals surface area contributed by atoms with Gasteiger partial charge in [-0.25, -0.2) is 4.98 Å². The molecule has 1 saturated heterocycles. The largest absolute Gasteiger partial charge is 0.481 e. The van der Waals surface area contributed by atoms with Crippen LogP contribution in [0, 0.1) is 5.41 Å². The van der Waals surface area contributed by atoms with Crippen LogP contribution in [0.3, 0.4) is 0 Å².